The molecule has 5 aliphatic heterocycles. The summed E-state index contributed by atoms with van der Waals surface area (Å²) in [6.45, 7) is 15.5. The summed E-state index contributed by atoms with van der Waals surface area (Å²) in [5, 5.41) is 19.0. The molecule has 17 nitrogen and oxygen atoms in total. The number of aromatic nitrogens is 1. The van der Waals surface area contributed by atoms with E-state index in [1.165, 1.54) is 4.90 Å². The summed E-state index contributed by atoms with van der Waals surface area (Å²) < 4.78 is 29.7. The highest BCUT2D eigenvalue weighted by Gasteiger charge is 2.69. The van der Waals surface area contributed by atoms with Crippen LogP contribution in [0.2, 0.25) is 0 Å². The number of nitrogens with one attached hydrogen (secondary N) is 3. The number of likely N-dealkylation sites (tertiary alicyclic amines) is 1. The Kier molecular flexibility index (Phi) is 16.5. The van der Waals surface area contributed by atoms with Crippen LogP contribution in [0.25, 0.3) is 10.4 Å². The molecule has 11 atom stereocenters. The number of β-amino-alcohol motifs (C(OH)–C–C–N with tert-alkyl or cyclic N) is 1. The maximum absolute atomic E-state index is 14.0. The van der Waals surface area contributed by atoms with Gasteiger partial charge in [0.2, 0.25) is 23.5 Å². The van der Waals surface area contributed by atoms with Gasteiger partial charge in [-0.3, -0.25) is 14.4 Å². The molecule has 6 aliphatic rings. The Balaban J connectivity index is 0.745. The van der Waals surface area contributed by atoms with E-state index in [0.717, 1.165) is 53.8 Å². The molecule has 4 N–H and O–H groups in total. The molecule has 6 heterocycles. The number of alkyl carbamates (subject to hydrolysis) is 1. The summed E-state index contributed by atoms with van der Waals surface area (Å²) in [5.74, 6) is -0.662. The monoisotopic (exact) mass is 941 g/mol. The highest BCUT2D eigenvalue weighted by atomic mass is 32.1. The third kappa shape index (κ3) is 11.6. The molecule has 366 valence electrons. The van der Waals surface area contributed by atoms with E-state index in [2.05, 4.69) is 34.8 Å². The number of hydrogen-bond acceptors (Lipinski definition) is 14. The first-order valence-electron chi connectivity index (χ1n) is 23.8. The number of aryl methyl sites for hydroxylation is 1. The number of carbonyl (C=O) groups excluding carboxylic acids is 4. The number of ether oxygens (including phenoxy) is 5. The van der Waals surface area contributed by atoms with Crippen molar-refractivity contribution in [3.05, 3.63) is 41.0 Å². The lowest BCUT2D eigenvalue weighted by Crippen LogP contribution is -2.70. The molecular weight excluding hydrogens is 871 g/mol. The topological polar surface area (TPSA) is 205 Å². The van der Waals surface area contributed by atoms with E-state index in [4.69, 9.17) is 33.5 Å². The molecule has 5 saturated heterocycles. The number of carbonyl (C=O) groups is 4. The van der Waals surface area contributed by atoms with Gasteiger partial charge >= 0.3 is 6.09 Å². The number of nitrogens with zero attached hydrogens (tertiary/aromatic N) is 2. The van der Waals surface area contributed by atoms with Crippen LogP contribution in [0, 0.1) is 36.0 Å². The average molecular weight is 942 g/mol. The molecule has 18 heteroatoms. The van der Waals surface area contributed by atoms with Crippen LogP contribution in [0.3, 0.4) is 0 Å². The smallest absolute Gasteiger partial charge is 0.407 e. The molecule has 1 unspecified atom stereocenters. The summed E-state index contributed by atoms with van der Waals surface area (Å²) in [7, 11) is 0. The summed E-state index contributed by atoms with van der Waals surface area (Å²) in [4.78, 5) is 71.7. The van der Waals surface area contributed by atoms with Gasteiger partial charge in [-0.05, 0) is 80.2 Å². The molecule has 1 aliphatic carbocycles. The Morgan fingerprint density at radius 3 is 2.47 bits per heavy atom. The van der Waals surface area contributed by atoms with Crippen molar-refractivity contribution in [3.8, 4) is 10.4 Å². The number of aliphatic hydroxyl groups excluding tert-OH is 1. The van der Waals surface area contributed by atoms with Crippen LogP contribution < -0.4 is 16.0 Å². The highest BCUT2D eigenvalue weighted by Crippen LogP contribution is 2.60. The van der Waals surface area contributed by atoms with Gasteiger partial charge in [0.15, 0.2) is 11.9 Å². The summed E-state index contributed by atoms with van der Waals surface area (Å²) in [6.07, 6.45) is 3.53. The Morgan fingerprint density at radius 1 is 0.985 bits per heavy atom. The van der Waals surface area contributed by atoms with E-state index in [-0.39, 0.29) is 95.3 Å². The van der Waals surface area contributed by atoms with Crippen molar-refractivity contribution >= 4 is 35.2 Å². The quantitative estimate of drug-likeness (QED) is 0.103. The van der Waals surface area contributed by atoms with Crippen LogP contribution in [0.5, 0.6) is 0 Å². The molecule has 8 rings (SSSR count). The van der Waals surface area contributed by atoms with Crippen molar-refractivity contribution in [2.75, 3.05) is 46.1 Å². The lowest BCUT2D eigenvalue weighted by atomic mass is 9.57. The van der Waals surface area contributed by atoms with Crippen LogP contribution in [0.15, 0.2) is 29.8 Å². The standard InChI is InChI=1S/C48H71N5O12S/c1-29-10-15-36-30(2)38(62-44-48(36)35(29)16-18-47(7,63-44)64-65-48)9-8-20-61-45(58)49-19-22-60-24-23-59-21-17-39(55)52-41(46(4,5)6)43(57)53-27-34(54)25-37(53)42(56)50-26-32-11-13-33(14-12-32)40-31(3)51-28-66-40/h11-14,28-30,34-38,41,44,54H,8-10,15-27H2,1-7H3,(H,49,58)(H,50,56)(H,52,55)/t29-,30-,34?,35+,36+,37+,38-,41-,44-,47-,48-/m1/s1. The van der Waals surface area contributed by atoms with E-state index >= 15 is 0 Å². The molecule has 0 radical (unpaired) electrons. The lowest BCUT2D eigenvalue weighted by Gasteiger charge is -2.60. The van der Waals surface area contributed by atoms with Gasteiger partial charge in [-0.25, -0.2) is 19.6 Å². The number of hydrogen-bond donors (Lipinski definition) is 4. The normalized spacial score (nSPS) is 30.8. The minimum atomic E-state index is -0.941. The van der Waals surface area contributed by atoms with Crippen LogP contribution in [0.1, 0.15) is 104 Å². The van der Waals surface area contributed by atoms with Crippen LogP contribution in [-0.2, 0) is 54.4 Å². The van der Waals surface area contributed by atoms with Gasteiger partial charge < -0.3 is 49.6 Å². The number of aliphatic hydroxyl groups is 1. The first-order valence-corrected chi connectivity index (χ1v) is 24.7. The Labute approximate surface area is 392 Å². The van der Waals surface area contributed by atoms with Crippen LogP contribution in [0.4, 0.5) is 4.79 Å². The molecule has 1 spiro atoms. The van der Waals surface area contributed by atoms with Crippen molar-refractivity contribution in [1.82, 2.24) is 25.8 Å². The number of rotatable bonds is 19. The summed E-state index contributed by atoms with van der Waals surface area (Å²) in [6, 6.07) is 6.05. The predicted octanol–water partition coefficient (Wildman–Crippen LogP) is 5.41. The van der Waals surface area contributed by atoms with E-state index in [0.29, 0.717) is 18.3 Å². The lowest BCUT2D eigenvalue weighted by molar-refractivity contribution is -0.571. The molecule has 2 aromatic rings. The molecule has 1 aromatic heterocycles. The minimum Gasteiger partial charge on any atom is -0.450 e. The second kappa shape index (κ2) is 21.7. The Morgan fingerprint density at radius 2 is 1.74 bits per heavy atom. The molecular formula is C48H71N5O12S. The Hall–Kier alpha value is -3.75. The van der Waals surface area contributed by atoms with Crippen molar-refractivity contribution in [2.45, 2.75) is 148 Å². The van der Waals surface area contributed by atoms with Gasteiger partial charge in [0.25, 0.3) is 0 Å². The van der Waals surface area contributed by atoms with Gasteiger partial charge in [0.1, 0.15) is 12.1 Å². The first kappa shape index (κ1) is 50.1. The van der Waals surface area contributed by atoms with E-state index in [9.17, 15) is 24.3 Å². The summed E-state index contributed by atoms with van der Waals surface area (Å²) >= 11 is 1.57. The fourth-order valence-corrected chi connectivity index (χ4v) is 11.3. The molecule has 6 fully saturated rings. The van der Waals surface area contributed by atoms with Gasteiger partial charge in [0, 0.05) is 44.8 Å². The maximum Gasteiger partial charge on any atom is 0.407 e. The zero-order valence-electron chi connectivity index (χ0n) is 39.6. The van der Waals surface area contributed by atoms with Gasteiger partial charge in [0.05, 0.1) is 61.3 Å². The van der Waals surface area contributed by atoms with E-state index < -0.39 is 53.3 Å². The van der Waals surface area contributed by atoms with Crippen molar-refractivity contribution in [3.63, 3.8) is 0 Å². The van der Waals surface area contributed by atoms with Crippen LogP contribution >= 0.6 is 11.3 Å². The van der Waals surface area contributed by atoms with Crippen molar-refractivity contribution < 1.29 is 57.7 Å². The first-order chi connectivity index (χ1) is 31.5. The molecule has 1 aromatic carbocycles. The van der Waals surface area contributed by atoms with E-state index in [1.807, 2.05) is 64.4 Å². The maximum atomic E-state index is 14.0. The SMILES string of the molecule is Cc1ncsc1-c1ccc(CNC(=O)[C@@H]2CC(O)CN2C(=O)[C@@H](NC(=O)CCOCCOCCNC(=O)OCCC[C@H]2O[C@@H]3O[C@@]4(C)CC[C@H]5[C@H](C)CC[C@@H]([C@H]2C)[C@@]35OO4)C(C)(C)C)cc1. The fourth-order valence-electron chi connectivity index (χ4n) is 10.5. The highest BCUT2D eigenvalue weighted by molar-refractivity contribution is 7.13. The molecule has 2 bridgehead atoms. The van der Waals surface area contributed by atoms with Crippen molar-refractivity contribution in [2.24, 2.45) is 29.1 Å². The van der Waals surface area contributed by atoms with Gasteiger partial charge in [-0.2, -0.15) is 0 Å². The van der Waals surface area contributed by atoms with Gasteiger partial charge in [-0.15, -0.1) is 11.3 Å². The average Bonchev–Trinajstić information content (AvgIpc) is 3.82. The molecule has 4 amide bonds. The number of thiazole rings is 1. The predicted molar refractivity (Wildman–Crippen MR) is 243 cm³/mol. The second-order valence-electron chi connectivity index (χ2n) is 20.1. The number of amides is 4. The van der Waals surface area contributed by atoms with E-state index in [1.54, 1.807) is 11.3 Å². The third-order valence-electron chi connectivity index (χ3n) is 14.2. The molecule has 1 saturated carbocycles. The largest absolute Gasteiger partial charge is 0.450 e. The Bertz CT molecular complexity index is 1980. The number of benzene rings is 1. The van der Waals surface area contributed by atoms with Gasteiger partial charge in [-0.1, -0.05) is 58.9 Å². The van der Waals surface area contributed by atoms with Crippen molar-refractivity contribution in [1.29, 1.82) is 0 Å². The fraction of sp³-hybridized carbons (Fsp3) is 0.729. The summed E-state index contributed by atoms with van der Waals surface area (Å²) in [5.41, 5.74) is 3.45. The third-order valence-corrected chi connectivity index (χ3v) is 15.2. The molecule has 66 heavy (non-hydrogen) atoms. The van der Waals surface area contributed by atoms with Crippen LogP contribution in [-0.4, -0.2) is 127 Å². The zero-order chi connectivity index (χ0) is 47.2. The second-order valence-corrected chi connectivity index (χ2v) is 20.9. The zero-order valence-corrected chi connectivity index (χ0v) is 40.5. The number of fused-ring (bicyclic) bond motifs is 2. The minimum absolute atomic E-state index is 0.00517.